The van der Waals surface area contributed by atoms with E-state index in [1.807, 2.05) is 49.4 Å². The van der Waals surface area contributed by atoms with Crippen molar-refractivity contribution >= 4 is 40.9 Å². The highest BCUT2D eigenvalue weighted by Crippen LogP contribution is 2.48. The summed E-state index contributed by atoms with van der Waals surface area (Å²) in [6, 6.07) is 7.93. The van der Waals surface area contributed by atoms with Crippen LogP contribution < -0.4 is 0 Å². The van der Waals surface area contributed by atoms with Crippen molar-refractivity contribution < 1.29 is 4.79 Å². The molecule has 1 aliphatic heterocycles. The molecular weight excluding hydrogens is 457 g/mol. The number of carbonyl (C=O) groups excluding carboxylic acids is 1. The Balaban J connectivity index is 2.69. The lowest BCUT2D eigenvalue weighted by Crippen LogP contribution is -2.60. The van der Waals surface area contributed by atoms with Crippen LogP contribution in [0.15, 0.2) is 72.3 Å². The first-order valence-corrected chi connectivity index (χ1v) is 13.2. The minimum Gasteiger partial charge on any atom is -0.331 e. The summed E-state index contributed by atoms with van der Waals surface area (Å²) in [5.74, 6) is 1.11. The fourth-order valence-corrected chi connectivity index (χ4v) is 5.68. The summed E-state index contributed by atoms with van der Waals surface area (Å²) in [5, 5.41) is 1.34. The van der Waals surface area contributed by atoms with Gasteiger partial charge in [0.2, 0.25) is 5.91 Å². The molecule has 0 bridgehead atoms. The second-order valence-electron chi connectivity index (χ2n) is 8.68. The van der Waals surface area contributed by atoms with Crippen LogP contribution in [0.1, 0.15) is 51.5 Å². The number of carbonyl (C=O) groups is 1. The van der Waals surface area contributed by atoms with Gasteiger partial charge >= 0.3 is 0 Å². The SMILES string of the molecule is C=CC[C@@]1(C)C[C@H](c2cccc(Cl)c2)[C@@H](C(=C)/C=C\C(Cl)=C/C)N(C(CC)CSC)C1=O. The molecule has 0 radical (unpaired) electrons. The Morgan fingerprint density at radius 3 is 2.69 bits per heavy atom. The van der Waals surface area contributed by atoms with Crippen molar-refractivity contribution in [3.63, 3.8) is 0 Å². The maximum Gasteiger partial charge on any atom is 0.229 e. The van der Waals surface area contributed by atoms with E-state index in [0.29, 0.717) is 22.9 Å². The summed E-state index contributed by atoms with van der Waals surface area (Å²) in [6.07, 6.45) is 11.8. The van der Waals surface area contributed by atoms with E-state index in [2.05, 4.69) is 44.2 Å². The predicted molar refractivity (Wildman–Crippen MR) is 143 cm³/mol. The Labute approximate surface area is 208 Å². The van der Waals surface area contributed by atoms with E-state index in [1.54, 1.807) is 11.8 Å². The molecule has 174 valence electrons. The summed E-state index contributed by atoms with van der Waals surface area (Å²) in [4.78, 5) is 16.1. The van der Waals surface area contributed by atoms with Crippen LogP contribution in [0.5, 0.6) is 0 Å². The second-order valence-corrected chi connectivity index (χ2v) is 10.5. The van der Waals surface area contributed by atoms with Crippen LogP contribution in [-0.2, 0) is 4.79 Å². The van der Waals surface area contributed by atoms with Crippen molar-refractivity contribution in [2.45, 2.75) is 58.0 Å². The monoisotopic (exact) mass is 491 g/mol. The summed E-state index contributed by atoms with van der Waals surface area (Å²) < 4.78 is 0. The number of amides is 1. The molecule has 1 unspecified atom stereocenters. The van der Waals surface area contributed by atoms with E-state index in [9.17, 15) is 4.79 Å². The number of benzene rings is 1. The van der Waals surface area contributed by atoms with E-state index >= 15 is 0 Å². The molecule has 5 heteroatoms. The lowest BCUT2D eigenvalue weighted by Gasteiger charge is -2.52. The normalized spacial score (nSPS) is 25.2. The van der Waals surface area contributed by atoms with Gasteiger partial charge in [-0.05, 0) is 61.8 Å². The smallest absolute Gasteiger partial charge is 0.229 e. The van der Waals surface area contributed by atoms with Crippen molar-refractivity contribution in [3.05, 3.63) is 82.9 Å². The summed E-state index contributed by atoms with van der Waals surface area (Å²) in [7, 11) is 0. The molecule has 1 aliphatic rings. The fourth-order valence-electron chi connectivity index (χ4n) is 4.64. The van der Waals surface area contributed by atoms with Gasteiger partial charge in [-0.2, -0.15) is 11.8 Å². The molecule has 1 aromatic rings. The molecule has 1 heterocycles. The maximum absolute atomic E-state index is 14.0. The van der Waals surface area contributed by atoms with Crippen LogP contribution in [0.25, 0.3) is 0 Å². The Bertz CT molecular complexity index is 893. The van der Waals surface area contributed by atoms with Crippen LogP contribution in [0.3, 0.4) is 0 Å². The third kappa shape index (κ3) is 6.12. The number of rotatable bonds is 10. The second kappa shape index (κ2) is 12.2. The van der Waals surface area contributed by atoms with Gasteiger partial charge in [-0.3, -0.25) is 4.79 Å². The number of nitrogens with zero attached hydrogens (tertiary/aromatic N) is 1. The van der Waals surface area contributed by atoms with Gasteiger partial charge in [-0.15, -0.1) is 6.58 Å². The van der Waals surface area contributed by atoms with E-state index in [4.69, 9.17) is 23.2 Å². The fraction of sp³-hybridized carbons (Fsp3) is 0.444. The van der Waals surface area contributed by atoms with Crippen LogP contribution in [0.2, 0.25) is 5.02 Å². The largest absolute Gasteiger partial charge is 0.331 e. The zero-order valence-corrected chi connectivity index (χ0v) is 21.9. The summed E-state index contributed by atoms with van der Waals surface area (Å²) >= 11 is 14.4. The molecule has 0 N–H and O–H groups in total. The van der Waals surface area contributed by atoms with Gasteiger partial charge in [-0.25, -0.2) is 0 Å². The zero-order chi connectivity index (χ0) is 23.9. The topological polar surface area (TPSA) is 20.3 Å². The first-order valence-electron chi connectivity index (χ1n) is 11.1. The van der Waals surface area contributed by atoms with Crippen molar-refractivity contribution in [3.8, 4) is 0 Å². The van der Waals surface area contributed by atoms with Crippen molar-refractivity contribution in [2.75, 3.05) is 12.0 Å². The van der Waals surface area contributed by atoms with E-state index in [-0.39, 0.29) is 23.9 Å². The number of halogens is 2. The minimum atomic E-state index is -0.526. The van der Waals surface area contributed by atoms with Gasteiger partial charge in [-0.1, -0.05) is 74.0 Å². The molecule has 0 spiro atoms. The van der Waals surface area contributed by atoms with E-state index < -0.39 is 5.41 Å². The van der Waals surface area contributed by atoms with Gasteiger partial charge in [0.15, 0.2) is 0 Å². The van der Waals surface area contributed by atoms with Crippen molar-refractivity contribution in [1.29, 1.82) is 0 Å². The Hall–Kier alpha value is -1.42. The van der Waals surface area contributed by atoms with Gasteiger partial charge in [0.05, 0.1) is 11.5 Å². The molecule has 0 saturated carbocycles. The summed E-state index contributed by atoms with van der Waals surface area (Å²) in [5.41, 5.74) is 1.48. The first kappa shape index (κ1) is 26.8. The number of hydrogen-bond donors (Lipinski definition) is 0. The number of thioether (sulfide) groups is 1. The molecule has 0 aliphatic carbocycles. The number of hydrogen-bond acceptors (Lipinski definition) is 2. The van der Waals surface area contributed by atoms with E-state index in [0.717, 1.165) is 23.3 Å². The molecule has 1 aromatic carbocycles. The lowest BCUT2D eigenvalue weighted by molar-refractivity contribution is -0.151. The minimum absolute atomic E-state index is 0.0637. The molecule has 1 saturated heterocycles. The predicted octanol–water partition coefficient (Wildman–Crippen LogP) is 8.00. The molecule has 1 fully saturated rings. The summed E-state index contributed by atoms with van der Waals surface area (Å²) in [6.45, 7) is 14.5. The van der Waals surface area contributed by atoms with Gasteiger partial charge in [0.25, 0.3) is 0 Å². The van der Waals surface area contributed by atoms with Crippen LogP contribution >= 0.6 is 35.0 Å². The highest BCUT2D eigenvalue weighted by molar-refractivity contribution is 7.98. The molecule has 2 nitrogen and oxygen atoms in total. The highest BCUT2D eigenvalue weighted by Gasteiger charge is 2.50. The highest BCUT2D eigenvalue weighted by atomic mass is 35.5. The van der Waals surface area contributed by atoms with Crippen LogP contribution in [0, 0.1) is 5.41 Å². The van der Waals surface area contributed by atoms with Gasteiger partial charge < -0.3 is 4.90 Å². The standard InChI is InChI=1S/C27H35Cl2NOS/c1-7-15-27(5)17-24(20-11-10-12-22(29)16-20)25(19(4)13-14-21(28)8-2)30(26(27)31)23(9-3)18-32-6/h7-8,10-14,16,23-25H,1,4,9,15,17-18H2,2-3,5-6H3/b14-13-,21-8+/t23?,24-,25-,27+/m1/s1. The Morgan fingerprint density at radius 2 is 2.12 bits per heavy atom. The third-order valence-corrected chi connectivity index (χ3v) is 7.61. The maximum atomic E-state index is 14.0. The Morgan fingerprint density at radius 1 is 1.41 bits per heavy atom. The van der Waals surface area contributed by atoms with Crippen molar-refractivity contribution in [2.24, 2.45) is 5.41 Å². The van der Waals surface area contributed by atoms with Crippen molar-refractivity contribution in [1.82, 2.24) is 4.90 Å². The number of likely N-dealkylation sites (tertiary alicyclic amines) is 1. The first-order chi connectivity index (χ1) is 15.2. The van der Waals surface area contributed by atoms with E-state index in [1.165, 1.54) is 0 Å². The average molecular weight is 493 g/mol. The molecule has 4 atom stereocenters. The molecule has 32 heavy (non-hydrogen) atoms. The quantitative estimate of drug-likeness (QED) is 0.244. The van der Waals surface area contributed by atoms with Crippen LogP contribution in [-0.4, -0.2) is 34.9 Å². The number of piperidine rings is 1. The Kier molecular flexibility index (Phi) is 10.2. The zero-order valence-electron chi connectivity index (χ0n) is 19.6. The molecular formula is C27H35Cl2NOS. The van der Waals surface area contributed by atoms with Gasteiger partial charge in [0.1, 0.15) is 0 Å². The molecule has 2 rings (SSSR count). The number of allylic oxidation sites excluding steroid dienone is 4. The molecule has 1 amide bonds. The average Bonchev–Trinajstić information content (AvgIpc) is 2.77. The van der Waals surface area contributed by atoms with Gasteiger partial charge in [0, 0.05) is 27.8 Å². The molecule has 0 aromatic heterocycles. The lowest BCUT2D eigenvalue weighted by atomic mass is 9.67. The van der Waals surface area contributed by atoms with Crippen LogP contribution in [0.4, 0.5) is 0 Å². The third-order valence-electron chi connectivity index (χ3n) is 6.31.